The normalized spacial score (nSPS) is 11.9. The zero-order valence-corrected chi connectivity index (χ0v) is 16.0. The first-order chi connectivity index (χ1) is 12.3. The van der Waals surface area contributed by atoms with E-state index in [4.69, 9.17) is 0 Å². The van der Waals surface area contributed by atoms with E-state index in [0.29, 0.717) is 17.1 Å². The lowest BCUT2D eigenvalue weighted by Crippen LogP contribution is -2.34. The third kappa shape index (κ3) is 5.08. The van der Waals surface area contributed by atoms with E-state index >= 15 is 0 Å². The lowest BCUT2D eigenvalue weighted by atomic mass is 10.2. The summed E-state index contributed by atoms with van der Waals surface area (Å²) in [5.74, 6) is 0.295. The van der Waals surface area contributed by atoms with Crippen LogP contribution in [0.2, 0.25) is 0 Å². The Labute approximate surface area is 154 Å². The fraction of sp³-hybridized carbons (Fsp3) is 0.421. The Morgan fingerprint density at radius 3 is 2.35 bits per heavy atom. The van der Waals surface area contributed by atoms with E-state index < -0.39 is 0 Å². The third-order valence-electron chi connectivity index (χ3n) is 4.00. The summed E-state index contributed by atoms with van der Waals surface area (Å²) in [5, 5.41) is 12.7. The molecule has 0 fully saturated rings. The van der Waals surface area contributed by atoms with Crippen LogP contribution in [-0.2, 0) is 0 Å². The minimum atomic E-state index is -0.275. The molecule has 1 unspecified atom stereocenters. The standard InChI is InChI=1S/C19H27N5O2/c1-6-13(4)24-14(5)11-17(23-24)22-18(25)15-7-9-16(10-8-15)21-19(26)20-12(2)3/h7-13H,6H2,1-5H3,(H2,20,21,26)(H,22,23,25). The maximum absolute atomic E-state index is 12.4. The molecule has 0 aliphatic heterocycles. The molecule has 26 heavy (non-hydrogen) atoms. The van der Waals surface area contributed by atoms with Gasteiger partial charge in [0.05, 0.1) is 0 Å². The molecule has 1 atom stereocenters. The molecule has 3 amide bonds. The number of benzene rings is 1. The smallest absolute Gasteiger partial charge is 0.319 e. The van der Waals surface area contributed by atoms with E-state index in [1.807, 2.05) is 31.5 Å². The van der Waals surface area contributed by atoms with Gasteiger partial charge in [0.2, 0.25) is 0 Å². The summed E-state index contributed by atoms with van der Waals surface area (Å²) in [6.07, 6.45) is 0.967. The van der Waals surface area contributed by atoms with Gasteiger partial charge >= 0.3 is 6.03 Å². The quantitative estimate of drug-likeness (QED) is 0.731. The maximum atomic E-state index is 12.4. The molecule has 7 nitrogen and oxygen atoms in total. The van der Waals surface area contributed by atoms with Crippen LogP contribution in [0.3, 0.4) is 0 Å². The first kappa shape index (κ1) is 19.5. The molecule has 2 aromatic rings. The lowest BCUT2D eigenvalue weighted by molar-refractivity contribution is 0.102. The van der Waals surface area contributed by atoms with Gasteiger partial charge < -0.3 is 16.0 Å². The molecule has 0 aliphatic carbocycles. The van der Waals surface area contributed by atoms with Gasteiger partial charge in [0, 0.05) is 35.1 Å². The van der Waals surface area contributed by atoms with Gasteiger partial charge in [0.15, 0.2) is 5.82 Å². The van der Waals surface area contributed by atoms with Gasteiger partial charge in [-0.25, -0.2) is 4.79 Å². The summed E-state index contributed by atoms with van der Waals surface area (Å²) in [5.41, 5.74) is 2.12. The molecular weight excluding hydrogens is 330 g/mol. The van der Waals surface area contributed by atoms with Crippen LogP contribution in [0, 0.1) is 6.92 Å². The first-order valence-corrected chi connectivity index (χ1v) is 8.85. The Balaban J connectivity index is 2.01. The van der Waals surface area contributed by atoms with Crippen molar-refractivity contribution in [2.75, 3.05) is 10.6 Å². The van der Waals surface area contributed by atoms with Crippen molar-refractivity contribution in [3.8, 4) is 0 Å². The minimum absolute atomic E-state index is 0.0544. The monoisotopic (exact) mass is 357 g/mol. The number of rotatable bonds is 6. The van der Waals surface area contributed by atoms with Crippen LogP contribution in [0.4, 0.5) is 16.3 Å². The van der Waals surface area contributed by atoms with Crippen molar-refractivity contribution >= 4 is 23.4 Å². The van der Waals surface area contributed by atoms with E-state index in [1.54, 1.807) is 24.3 Å². The number of hydrogen-bond donors (Lipinski definition) is 3. The fourth-order valence-electron chi connectivity index (χ4n) is 2.49. The number of carbonyl (C=O) groups is 2. The van der Waals surface area contributed by atoms with Crippen molar-refractivity contribution in [3.63, 3.8) is 0 Å². The molecule has 0 bridgehead atoms. The van der Waals surface area contributed by atoms with Crippen molar-refractivity contribution in [3.05, 3.63) is 41.6 Å². The van der Waals surface area contributed by atoms with Crippen molar-refractivity contribution in [2.45, 2.75) is 53.1 Å². The van der Waals surface area contributed by atoms with E-state index in [2.05, 4.69) is 34.9 Å². The summed E-state index contributed by atoms with van der Waals surface area (Å²) >= 11 is 0. The van der Waals surface area contributed by atoms with Crippen LogP contribution in [0.25, 0.3) is 0 Å². The largest absolute Gasteiger partial charge is 0.336 e. The Hall–Kier alpha value is -2.83. The van der Waals surface area contributed by atoms with Crippen LogP contribution in [-0.4, -0.2) is 27.8 Å². The number of amides is 3. The van der Waals surface area contributed by atoms with Gasteiger partial charge in [-0.1, -0.05) is 6.92 Å². The van der Waals surface area contributed by atoms with Gasteiger partial charge in [-0.2, -0.15) is 5.10 Å². The molecule has 0 radical (unpaired) electrons. The number of aryl methyl sites for hydroxylation is 1. The van der Waals surface area contributed by atoms with E-state index in [9.17, 15) is 9.59 Å². The Bertz CT molecular complexity index is 765. The fourth-order valence-corrected chi connectivity index (χ4v) is 2.49. The van der Waals surface area contributed by atoms with Gasteiger partial charge in [-0.3, -0.25) is 9.48 Å². The van der Waals surface area contributed by atoms with E-state index in [-0.39, 0.29) is 24.0 Å². The zero-order chi connectivity index (χ0) is 19.3. The SMILES string of the molecule is CCC(C)n1nc(NC(=O)c2ccc(NC(=O)NC(C)C)cc2)cc1C. The molecule has 140 valence electrons. The highest BCUT2D eigenvalue weighted by Crippen LogP contribution is 2.17. The van der Waals surface area contributed by atoms with Crippen molar-refractivity contribution in [1.29, 1.82) is 0 Å². The summed E-state index contributed by atoms with van der Waals surface area (Å²) in [7, 11) is 0. The summed E-state index contributed by atoms with van der Waals surface area (Å²) in [6.45, 7) is 9.93. The number of anilines is 2. The molecule has 0 saturated heterocycles. The number of nitrogens with zero attached hydrogens (tertiary/aromatic N) is 2. The third-order valence-corrected chi connectivity index (χ3v) is 4.00. The highest BCUT2D eigenvalue weighted by molar-refractivity contribution is 6.04. The highest BCUT2D eigenvalue weighted by Gasteiger charge is 2.13. The molecule has 1 heterocycles. The molecule has 7 heteroatoms. The van der Waals surface area contributed by atoms with Gasteiger partial charge in [-0.15, -0.1) is 0 Å². The van der Waals surface area contributed by atoms with Crippen molar-refractivity contribution < 1.29 is 9.59 Å². The Morgan fingerprint density at radius 1 is 1.12 bits per heavy atom. The topological polar surface area (TPSA) is 88.1 Å². The average molecular weight is 357 g/mol. The first-order valence-electron chi connectivity index (χ1n) is 8.85. The van der Waals surface area contributed by atoms with Crippen LogP contribution in [0.15, 0.2) is 30.3 Å². The number of nitrogens with one attached hydrogen (secondary N) is 3. The minimum Gasteiger partial charge on any atom is -0.336 e. The molecule has 3 N–H and O–H groups in total. The van der Waals surface area contributed by atoms with Gasteiger partial charge in [0.25, 0.3) is 5.91 Å². The second-order valence-electron chi connectivity index (χ2n) is 6.66. The van der Waals surface area contributed by atoms with E-state index in [0.717, 1.165) is 12.1 Å². The van der Waals surface area contributed by atoms with Gasteiger partial charge in [-0.05, 0) is 58.4 Å². The van der Waals surface area contributed by atoms with Crippen molar-refractivity contribution in [1.82, 2.24) is 15.1 Å². The summed E-state index contributed by atoms with van der Waals surface area (Å²) in [4.78, 5) is 24.1. The highest BCUT2D eigenvalue weighted by atomic mass is 16.2. The molecule has 0 saturated carbocycles. The lowest BCUT2D eigenvalue weighted by Gasteiger charge is -2.11. The number of urea groups is 1. The van der Waals surface area contributed by atoms with E-state index in [1.165, 1.54) is 0 Å². The predicted molar refractivity (Wildman–Crippen MR) is 104 cm³/mol. The van der Waals surface area contributed by atoms with Crippen molar-refractivity contribution in [2.24, 2.45) is 0 Å². The Morgan fingerprint density at radius 2 is 1.77 bits per heavy atom. The maximum Gasteiger partial charge on any atom is 0.319 e. The second kappa shape index (κ2) is 8.51. The van der Waals surface area contributed by atoms with Crippen LogP contribution in [0.5, 0.6) is 0 Å². The summed E-state index contributed by atoms with van der Waals surface area (Å²) < 4.78 is 1.91. The summed E-state index contributed by atoms with van der Waals surface area (Å²) in [6, 6.07) is 8.63. The molecule has 1 aromatic carbocycles. The molecule has 0 spiro atoms. The van der Waals surface area contributed by atoms with Gasteiger partial charge in [0.1, 0.15) is 0 Å². The molecule has 2 rings (SSSR count). The predicted octanol–water partition coefficient (Wildman–Crippen LogP) is 3.94. The molecular formula is C19H27N5O2. The van der Waals surface area contributed by atoms with Crippen LogP contribution < -0.4 is 16.0 Å². The van der Waals surface area contributed by atoms with Crippen LogP contribution >= 0.6 is 0 Å². The number of aromatic nitrogens is 2. The average Bonchev–Trinajstić information content (AvgIpc) is 2.94. The second-order valence-corrected chi connectivity index (χ2v) is 6.66. The number of hydrogen-bond acceptors (Lipinski definition) is 3. The molecule has 0 aliphatic rings. The van der Waals surface area contributed by atoms with Crippen LogP contribution in [0.1, 0.15) is 56.2 Å². The molecule has 1 aromatic heterocycles. The zero-order valence-electron chi connectivity index (χ0n) is 16.0. The Kier molecular flexibility index (Phi) is 6.38. The number of carbonyl (C=O) groups excluding carboxylic acids is 2.